The minimum Gasteiger partial charge on any atom is -0.373 e. The van der Waals surface area contributed by atoms with E-state index in [0.717, 1.165) is 19.6 Å². The predicted molar refractivity (Wildman–Crippen MR) is 96.3 cm³/mol. The molecule has 1 aliphatic rings. The summed E-state index contributed by atoms with van der Waals surface area (Å²) in [6.07, 6.45) is 0.419. The molecule has 1 aromatic heterocycles. The topological polar surface area (TPSA) is 54.5 Å². The van der Waals surface area contributed by atoms with Gasteiger partial charge in [-0.25, -0.2) is 9.37 Å². The van der Waals surface area contributed by atoms with E-state index in [9.17, 15) is 9.18 Å². The number of nitrogens with one attached hydrogen (secondary N) is 1. The van der Waals surface area contributed by atoms with Crippen LogP contribution in [-0.2, 0) is 4.74 Å². The maximum Gasteiger partial charge on any atom is 0.270 e. The van der Waals surface area contributed by atoms with Crippen LogP contribution in [0, 0.1) is 5.82 Å². The van der Waals surface area contributed by atoms with Gasteiger partial charge in [-0.1, -0.05) is 12.1 Å². The Hall–Kier alpha value is -1.83. The lowest BCUT2D eigenvalue weighted by Crippen LogP contribution is -2.47. The van der Waals surface area contributed by atoms with E-state index in [1.54, 1.807) is 23.6 Å². The van der Waals surface area contributed by atoms with Gasteiger partial charge >= 0.3 is 0 Å². The van der Waals surface area contributed by atoms with Crippen molar-refractivity contribution in [1.29, 1.82) is 0 Å². The van der Waals surface area contributed by atoms with Crippen LogP contribution in [0.3, 0.4) is 0 Å². The zero-order valence-corrected chi connectivity index (χ0v) is 15.2. The van der Waals surface area contributed by atoms with Gasteiger partial charge in [0, 0.05) is 37.1 Å². The van der Waals surface area contributed by atoms with Gasteiger partial charge in [-0.15, -0.1) is 11.3 Å². The zero-order valence-electron chi connectivity index (χ0n) is 14.4. The Kier molecular flexibility index (Phi) is 5.78. The quantitative estimate of drug-likeness (QED) is 0.888. The van der Waals surface area contributed by atoms with Crippen LogP contribution in [0.1, 0.15) is 24.3 Å². The number of carbonyl (C=O) groups excluding carboxylic acids is 1. The molecule has 1 aromatic carbocycles. The number of aromatic nitrogens is 1. The lowest BCUT2D eigenvalue weighted by molar-refractivity contribution is -0.0672. The highest BCUT2D eigenvalue weighted by atomic mass is 32.1. The van der Waals surface area contributed by atoms with Crippen molar-refractivity contribution in [1.82, 2.24) is 15.2 Å². The van der Waals surface area contributed by atoms with Gasteiger partial charge in [0.2, 0.25) is 0 Å². The number of ether oxygens (including phenoxy) is 1. The van der Waals surface area contributed by atoms with Crippen LogP contribution in [0.15, 0.2) is 29.6 Å². The van der Waals surface area contributed by atoms with Gasteiger partial charge in [-0.3, -0.25) is 9.69 Å². The van der Waals surface area contributed by atoms with Gasteiger partial charge < -0.3 is 10.1 Å². The van der Waals surface area contributed by atoms with Gasteiger partial charge in [0.15, 0.2) is 0 Å². The number of amides is 1. The second-order valence-corrected chi connectivity index (χ2v) is 7.15. The summed E-state index contributed by atoms with van der Waals surface area (Å²) in [4.78, 5) is 18.8. The molecule has 134 valence electrons. The molecule has 3 rings (SSSR count). The smallest absolute Gasteiger partial charge is 0.270 e. The highest BCUT2D eigenvalue weighted by Crippen LogP contribution is 2.25. The standard InChI is InChI=1S/C18H22FN3O2S/c1-12-9-22(10-13(2)24-12)8-7-20-17(23)16-11-25-18(21-16)14-5-3-4-6-15(14)19/h3-6,11-13H,7-10H2,1-2H3,(H,20,23). The molecule has 1 aliphatic heterocycles. The molecular weight excluding hydrogens is 341 g/mol. The monoisotopic (exact) mass is 363 g/mol. The second-order valence-electron chi connectivity index (χ2n) is 6.29. The summed E-state index contributed by atoms with van der Waals surface area (Å²) >= 11 is 1.27. The van der Waals surface area contributed by atoms with Crippen LogP contribution in [0.4, 0.5) is 4.39 Å². The molecule has 0 aliphatic carbocycles. The highest BCUT2D eigenvalue weighted by Gasteiger charge is 2.22. The first kappa shape index (κ1) is 18.0. The van der Waals surface area contributed by atoms with E-state index in [4.69, 9.17) is 4.74 Å². The second kappa shape index (κ2) is 8.03. The summed E-state index contributed by atoms with van der Waals surface area (Å²) in [7, 11) is 0. The van der Waals surface area contributed by atoms with Gasteiger partial charge in [0.1, 0.15) is 16.5 Å². The average molecular weight is 363 g/mol. The number of benzene rings is 1. The number of rotatable bonds is 5. The fourth-order valence-electron chi connectivity index (χ4n) is 3.02. The van der Waals surface area contributed by atoms with Crippen LogP contribution in [0.25, 0.3) is 10.6 Å². The van der Waals surface area contributed by atoms with E-state index in [1.165, 1.54) is 17.4 Å². The zero-order chi connectivity index (χ0) is 17.8. The van der Waals surface area contributed by atoms with E-state index in [0.29, 0.717) is 22.8 Å². The lowest BCUT2D eigenvalue weighted by atomic mass is 10.2. The molecule has 0 bridgehead atoms. The summed E-state index contributed by atoms with van der Waals surface area (Å²) < 4.78 is 19.5. The normalized spacial score (nSPS) is 21.2. The van der Waals surface area contributed by atoms with Crippen molar-refractivity contribution in [2.75, 3.05) is 26.2 Å². The largest absolute Gasteiger partial charge is 0.373 e. The molecule has 2 atom stereocenters. The molecule has 2 aromatic rings. The van der Waals surface area contributed by atoms with Crippen LogP contribution < -0.4 is 5.32 Å². The number of morpholine rings is 1. The molecule has 1 N–H and O–H groups in total. The molecule has 1 fully saturated rings. The van der Waals surface area contributed by atoms with Crippen molar-refractivity contribution in [3.8, 4) is 10.6 Å². The van der Waals surface area contributed by atoms with Gasteiger partial charge in [0.25, 0.3) is 5.91 Å². The summed E-state index contributed by atoms with van der Waals surface area (Å²) in [5.74, 6) is -0.562. The molecule has 1 amide bonds. The molecule has 2 heterocycles. The fourth-order valence-corrected chi connectivity index (χ4v) is 3.85. The molecule has 0 saturated carbocycles. The fraction of sp³-hybridized carbons (Fsp3) is 0.444. The first-order valence-electron chi connectivity index (χ1n) is 8.39. The highest BCUT2D eigenvalue weighted by molar-refractivity contribution is 7.13. The van der Waals surface area contributed by atoms with Gasteiger partial charge in [-0.2, -0.15) is 0 Å². The third-order valence-corrected chi connectivity index (χ3v) is 4.93. The maximum atomic E-state index is 13.8. The molecule has 1 saturated heterocycles. The van der Waals surface area contributed by atoms with E-state index in [1.807, 2.05) is 0 Å². The number of carbonyl (C=O) groups is 1. The molecular formula is C18H22FN3O2S. The van der Waals surface area contributed by atoms with E-state index >= 15 is 0 Å². The van der Waals surface area contributed by atoms with Crippen LogP contribution in [0.2, 0.25) is 0 Å². The Morgan fingerprint density at radius 2 is 2.08 bits per heavy atom. The van der Waals surface area contributed by atoms with Crippen LogP contribution in [0.5, 0.6) is 0 Å². The van der Waals surface area contributed by atoms with Crippen molar-refractivity contribution in [2.24, 2.45) is 0 Å². The number of thiazole rings is 1. The number of nitrogens with zero attached hydrogens (tertiary/aromatic N) is 2. The minimum absolute atomic E-state index is 0.210. The first-order valence-corrected chi connectivity index (χ1v) is 9.27. The summed E-state index contributed by atoms with van der Waals surface area (Å²) in [6, 6.07) is 6.44. The third kappa shape index (κ3) is 4.62. The molecule has 25 heavy (non-hydrogen) atoms. The van der Waals surface area contributed by atoms with Crippen molar-refractivity contribution in [3.05, 3.63) is 41.2 Å². The molecule has 5 nitrogen and oxygen atoms in total. The SMILES string of the molecule is CC1CN(CCNC(=O)c2csc(-c3ccccc3F)n2)CC(C)O1. The molecule has 7 heteroatoms. The molecule has 0 spiro atoms. The van der Waals surface area contributed by atoms with Crippen LogP contribution in [-0.4, -0.2) is 54.2 Å². The summed E-state index contributed by atoms with van der Waals surface area (Å²) in [5, 5.41) is 5.06. The van der Waals surface area contributed by atoms with E-state index < -0.39 is 0 Å². The van der Waals surface area contributed by atoms with Crippen molar-refractivity contribution >= 4 is 17.2 Å². The van der Waals surface area contributed by atoms with E-state index in [2.05, 4.69) is 29.0 Å². The summed E-state index contributed by atoms with van der Waals surface area (Å²) in [5.41, 5.74) is 0.745. The van der Waals surface area contributed by atoms with E-state index in [-0.39, 0.29) is 23.9 Å². The first-order chi connectivity index (χ1) is 12.0. The predicted octanol–water partition coefficient (Wildman–Crippen LogP) is 2.79. The Balaban J connectivity index is 1.53. The Morgan fingerprint density at radius 1 is 1.36 bits per heavy atom. The van der Waals surface area contributed by atoms with Gasteiger partial charge in [0.05, 0.1) is 12.2 Å². The molecule has 2 unspecified atom stereocenters. The van der Waals surface area contributed by atoms with Gasteiger partial charge in [-0.05, 0) is 26.0 Å². The van der Waals surface area contributed by atoms with Crippen molar-refractivity contribution < 1.29 is 13.9 Å². The molecule has 0 radical (unpaired) electrons. The Morgan fingerprint density at radius 3 is 2.80 bits per heavy atom. The number of hydrogen-bond acceptors (Lipinski definition) is 5. The Bertz CT molecular complexity index is 727. The minimum atomic E-state index is -0.334. The Labute approximate surface area is 150 Å². The van der Waals surface area contributed by atoms with Crippen LogP contribution >= 0.6 is 11.3 Å². The number of hydrogen-bond donors (Lipinski definition) is 1. The maximum absolute atomic E-state index is 13.8. The number of halogens is 1. The third-order valence-electron chi connectivity index (χ3n) is 4.05. The average Bonchev–Trinajstić information content (AvgIpc) is 3.04. The summed E-state index contributed by atoms with van der Waals surface area (Å²) in [6.45, 7) is 7.17. The van der Waals surface area contributed by atoms with Crippen molar-refractivity contribution in [2.45, 2.75) is 26.1 Å². The van der Waals surface area contributed by atoms with Crippen molar-refractivity contribution in [3.63, 3.8) is 0 Å². The lowest BCUT2D eigenvalue weighted by Gasteiger charge is -2.35.